The van der Waals surface area contributed by atoms with Crippen LogP contribution in [0.15, 0.2) is 24.3 Å². The van der Waals surface area contributed by atoms with Crippen molar-refractivity contribution in [2.24, 2.45) is 0 Å². The molecule has 0 spiro atoms. The second-order valence-electron chi connectivity index (χ2n) is 5.53. The molecule has 1 rings (SSSR count). The average molecular weight is 219 g/mol. The molecular formula is C15H25N. The predicted molar refractivity (Wildman–Crippen MR) is 72.0 cm³/mol. The van der Waals surface area contributed by atoms with E-state index in [9.17, 15) is 0 Å². The Morgan fingerprint density at radius 1 is 1.12 bits per heavy atom. The number of aryl methyl sites for hydroxylation is 1. The van der Waals surface area contributed by atoms with Gasteiger partial charge < -0.3 is 5.32 Å². The first kappa shape index (κ1) is 13.2. The number of benzene rings is 1. The van der Waals surface area contributed by atoms with Gasteiger partial charge >= 0.3 is 0 Å². The van der Waals surface area contributed by atoms with E-state index in [0.717, 1.165) is 6.42 Å². The molecule has 0 heterocycles. The fourth-order valence-corrected chi connectivity index (χ4v) is 1.65. The maximum atomic E-state index is 3.34. The summed E-state index contributed by atoms with van der Waals surface area (Å²) < 4.78 is 0. The van der Waals surface area contributed by atoms with Crippen molar-refractivity contribution >= 4 is 0 Å². The summed E-state index contributed by atoms with van der Waals surface area (Å²) in [5.74, 6) is 0.628. The highest BCUT2D eigenvalue weighted by Gasteiger charge is 2.13. The highest BCUT2D eigenvalue weighted by Crippen LogP contribution is 2.17. The van der Waals surface area contributed by atoms with Crippen LogP contribution in [0.3, 0.4) is 0 Å². The average Bonchev–Trinajstić information content (AvgIpc) is 2.27. The Labute approximate surface area is 100 Å². The zero-order valence-corrected chi connectivity index (χ0v) is 11.3. The van der Waals surface area contributed by atoms with Gasteiger partial charge in [-0.15, -0.1) is 0 Å². The Bertz CT molecular complexity index is 309. The van der Waals surface area contributed by atoms with Crippen LogP contribution in [0.5, 0.6) is 0 Å². The summed E-state index contributed by atoms with van der Waals surface area (Å²) in [6.07, 6.45) is 2.32. The molecule has 0 unspecified atom stereocenters. The highest BCUT2D eigenvalue weighted by atomic mass is 14.9. The van der Waals surface area contributed by atoms with E-state index < -0.39 is 0 Å². The van der Waals surface area contributed by atoms with Gasteiger partial charge in [-0.2, -0.15) is 0 Å². The number of hydrogen-bond acceptors (Lipinski definition) is 1. The smallest absolute Gasteiger partial charge is 0.0125 e. The standard InChI is InChI=1S/C15H25N/c1-12(2)14-8-6-13(7-9-14)10-11-15(3,4)16-5/h6-9,12,16H,10-11H2,1-5H3. The SMILES string of the molecule is CNC(C)(C)CCc1ccc(C(C)C)cc1. The Morgan fingerprint density at radius 2 is 1.69 bits per heavy atom. The van der Waals surface area contributed by atoms with Gasteiger partial charge in [0.2, 0.25) is 0 Å². The Morgan fingerprint density at radius 3 is 2.12 bits per heavy atom. The third kappa shape index (κ3) is 3.97. The summed E-state index contributed by atoms with van der Waals surface area (Å²) in [4.78, 5) is 0. The molecule has 0 aliphatic heterocycles. The molecule has 1 N–H and O–H groups in total. The lowest BCUT2D eigenvalue weighted by molar-refractivity contribution is 0.393. The summed E-state index contributed by atoms with van der Waals surface area (Å²) >= 11 is 0. The second-order valence-corrected chi connectivity index (χ2v) is 5.53. The van der Waals surface area contributed by atoms with Gasteiger partial charge in [0.1, 0.15) is 0 Å². The molecule has 0 bridgehead atoms. The topological polar surface area (TPSA) is 12.0 Å². The minimum atomic E-state index is 0.233. The van der Waals surface area contributed by atoms with Crippen LogP contribution in [-0.2, 0) is 6.42 Å². The van der Waals surface area contributed by atoms with Crippen LogP contribution in [0.4, 0.5) is 0 Å². The molecule has 0 aliphatic rings. The van der Waals surface area contributed by atoms with Gasteiger partial charge in [0, 0.05) is 5.54 Å². The van der Waals surface area contributed by atoms with E-state index in [-0.39, 0.29) is 5.54 Å². The third-order valence-corrected chi connectivity index (χ3v) is 3.36. The third-order valence-electron chi connectivity index (χ3n) is 3.36. The summed E-state index contributed by atoms with van der Waals surface area (Å²) in [5, 5.41) is 3.34. The van der Waals surface area contributed by atoms with Gasteiger partial charge in [-0.3, -0.25) is 0 Å². The van der Waals surface area contributed by atoms with Gasteiger partial charge in [0.15, 0.2) is 0 Å². The van der Waals surface area contributed by atoms with Crippen molar-refractivity contribution in [1.29, 1.82) is 0 Å². The predicted octanol–water partition coefficient (Wildman–Crippen LogP) is 3.74. The van der Waals surface area contributed by atoms with Crippen molar-refractivity contribution in [1.82, 2.24) is 5.32 Å². The van der Waals surface area contributed by atoms with E-state index in [1.807, 2.05) is 7.05 Å². The summed E-state index contributed by atoms with van der Waals surface area (Å²) in [5.41, 5.74) is 3.10. The first-order valence-corrected chi connectivity index (χ1v) is 6.22. The molecule has 0 amide bonds. The van der Waals surface area contributed by atoms with E-state index >= 15 is 0 Å². The lowest BCUT2D eigenvalue weighted by Gasteiger charge is -2.23. The van der Waals surface area contributed by atoms with Crippen LogP contribution in [0, 0.1) is 0 Å². The maximum absolute atomic E-state index is 3.34. The number of hydrogen-bond donors (Lipinski definition) is 1. The van der Waals surface area contributed by atoms with Gasteiger partial charge in [-0.05, 0) is 50.8 Å². The highest BCUT2D eigenvalue weighted by molar-refractivity contribution is 5.24. The summed E-state index contributed by atoms with van der Waals surface area (Å²) in [7, 11) is 2.03. The number of rotatable bonds is 5. The summed E-state index contributed by atoms with van der Waals surface area (Å²) in [6, 6.07) is 9.04. The number of nitrogens with one attached hydrogen (secondary N) is 1. The zero-order chi connectivity index (χ0) is 12.2. The fourth-order valence-electron chi connectivity index (χ4n) is 1.65. The monoisotopic (exact) mass is 219 g/mol. The molecule has 1 heteroatoms. The Balaban J connectivity index is 2.56. The molecule has 90 valence electrons. The van der Waals surface area contributed by atoms with Crippen molar-refractivity contribution < 1.29 is 0 Å². The largest absolute Gasteiger partial charge is 0.315 e. The van der Waals surface area contributed by atoms with E-state index in [1.165, 1.54) is 17.5 Å². The van der Waals surface area contributed by atoms with Gasteiger partial charge in [0.05, 0.1) is 0 Å². The lowest BCUT2D eigenvalue weighted by atomic mass is 9.94. The van der Waals surface area contributed by atoms with E-state index in [4.69, 9.17) is 0 Å². The Kier molecular flexibility index (Phi) is 4.55. The minimum Gasteiger partial charge on any atom is -0.315 e. The molecule has 0 saturated carbocycles. The van der Waals surface area contributed by atoms with Gasteiger partial charge in [-0.1, -0.05) is 38.1 Å². The van der Waals surface area contributed by atoms with Crippen molar-refractivity contribution in [2.75, 3.05) is 7.05 Å². The molecule has 16 heavy (non-hydrogen) atoms. The molecule has 0 atom stereocenters. The van der Waals surface area contributed by atoms with Crippen LogP contribution < -0.4 is 5.32 Å². The van der Waals surface area contributed by atoms with Crippen LogP contribution >= 0.6 is 0 Å². The quantitative estimate of drug-likeness (QED) is 0.795. The van der Waals surface area contributed by atoms with Crippen molar-refractivity contribution in [3.8, 4) is 0 Å². The fraction of sp³-hybridized carbons (Fsp3) is 0.600. The van der Waals surface area contributed by atoms with Crippen molar-refractivity contribution in [3.05, 3.63) is 35.4 Å². The maximum Gasteiger partial charge on any atom is 0.0125 e. The molecular weight excluding hydrogens is 194 g/mol. The van der Waals surface area contributed by atoms with Crippen LogP contribution in [-0.4, -0.2) is 12.6 Å². The van der Waals surface area contributed by atoms with Gasteiger partial charge in [-0.25, -0.2) is 0 Å². The molecule has 0 aromatic heterocycles. The van der Waals surface area contributed by atoms with Crippen molar-refractivity contribution in [2.45, 2.75) is 52.0 Å². The zero-order valence-electron chi connectivity index (χ0n) is 11.3. The van der Waals surface area contributed by atoms with E-state index in [1.54, 1.807) is 0 Å². The first-order chi connectivity index (χ1) is 7.44. The molecule has 1 aromatic rings. The molecule has 0 radical (unpaired) electrons. The first-order valence-electron chi connectivity index (χ1n) is 6.22. The Hall–Kier alpha value is -0.820. The normalized spacial score (nSPS) is 12.1. The van der Waals surface area contributed by atoms with Crippen molar-refractivity contribution in [3.63, 3.8) is 0 Å². The van der Waals surface area contributed by atoms with E-state index in [2.05, 4.69) is 57.3 Å². The lowest BCUT2D eigenvalue weighted by Crippen LogP contribution is -2.36. The molecule has 0 saturated heterocycles. The minimum absolute atomic E-state index is 0.233. The van der Waals surface area contributed by atoms with E-state index in [0.29, 0.717) is 5.92 Å². The van der Waals surface area contributed by atoms with Crippen LogP contribution in [0.25, 0.3) is 0 Å². The van der Waals surface area contributed by atoms with Gasteiger partial charge in [0.25, 0.3) is 0 Å². The molecule has 0 aliphatic carbocycles. The molecule has 0 fully saturated rings. The summed E-state index contributed by atoms with van der Waals surface area (Å²) in [6.45, 7) is 8.96. The molecule has 1 nitrogen and oxygen atoms in total. The van der Waals surface area contributed by atoms with Crippen LogP contribution in [0.2, 0.25) is 0 Å². The second kappa shape index (κ2) is 5.49. The molecule has 1 aromatic carbocycles. The van der Waals surface area contributed by atoms with Crippen LogP contribution in [0.1, 0.15) is 51.2 Å².